The molecule has 2 fully saturated rings. The van der Waals surface area contributed by atoms with Crippen LogP contribution in [0.2, 0.25) is 0 Å². The van der Waals surface area contributed by atoms with E-state index in [9.17, 15) is 9.59 Å². The Balaban J connectivity index is 1.55. The number of benzene rings is 1. The van der Waals surface area contributed by atoms with Crippen molar-refractivity contribution in [1.82, 2.24) is 9.80 Å². The van der Waals surface area contributed by atoms with E-state index in [0.29, 0.717) is 45.9 Å². The Bertz CT molecular complexity index is 594. The third-order valence-electron chi connectivity index (χ3n) is 4.60. The van der Waals surface area contributed by atoms with Crippen LogP contribution in [0.4, 0.5) is 0 Å². The predicted molar refractivity (Wildman–Crippen MR) is 90.4 cm³/mol. The van der Waals surface area contributed by atoms with Crippen molar-refractivity contribution in [3.8, 4) is 5.75 Å². The summed E-state index contributed by atoms with van der Waals surface area (Å²) in [6.07, 6.45) is 0.314. The van der Waals surface area contributed by atoms with Crippen LogP contribution >= 0.6 is 0 Å². The molecule has 25 heavy (non-hydrogen) atoms. The molecule has 3 rings (SSSR count). The number of carbonyl (C=O) groups is 2. The molecule has 0 aromatic heterocycles. The number of carboxylic acids is 1. The number of amides is 1. The lowest BCUT2D eigenvalue weighted by Gasteiger charge is -2.30. The first-order valence-corrected chi connectivity index (χ1v) is 8.61. The van der Waals surface area contributed by atoms with Crippen LogP contribution < -0.4 is 4.74 Å². The Kier molecular flexibility index (Phi) is 5.88. The second kappa shape index (κ2) is 8.31. The van der Waals surface area contributed by atoms with Crippen molar-refractivity contribution in [1.29, 1.82) is 0 Å². The third kappa shape index (κ3) is 4.93. The summed E-state index contributed by atoms with van der Waals surface area (Å²) in [6.45, 7) is 3.13. The largest absolute Gasteiger partial charge is 0.493 e. The van der Waals surface area contributed by atoms with Crippen molar-refractivity contribution < 1.29 is 24.2 Å². The van der Waals surface area contributed by atoms with Crippen molar-refractivity contribution in [3.05, 3.63) is 30.3 Å². The number of rotatable bonds is 6. The summed E-state index contributed by atoms with van der Waals surface area (Å²) in [4.78, 5) is 27.4. The Morgan fingerprint density at radius 3 is 2.72 bits per heavy atom. The normalized spacial score (nSPS) is 23.8. The number of fused-ring (bicyclic) bond motifs is 3. The van der Waals surface area contributed by atoms with Crippen LogP contribution in [0.25, 0.3) is 0 Å². The highest BCUT2D eigenvalue weighted by Crippen LogP contribution is 2.20. The van der Waals surface area contributed by atoms with Crippen LogP contribution in [-0.2, 0) is 14.3 Å². The molecular formula is C18H24N2O5. The highest BCUT2D eigenvalue weighted by Gasteiger charge is 2.35. The number of ether oxygens (including phenoxy) is 2. The number of para-hydroxylation sites is 1. The summed E-state index contributed by atoms with van der Waals surface area (Å²) in [5.41, 5.74) is 0. The molecule has 1 aromatic rings. The summed E-state index contributed by atoms with van der Waals surface area (Å²) in [6, 6.07) is 9.36. The quantitative estimate of drug-likeness (QED) is 0.815. The molecule has 1 aromatic carbocycles. The van der Waals surface area contributed by atoms with Gasteiger partial charge in [0.15, 0.2) is 0 Å². The molecule has 2 aliphatic rings. The Labute approximate surface area is 147 Å². The number of hydrogen-bond acceptors (Lipinski definition) is 5. The fraction of sp³-hybridized carbons (Fsp3) is 0.556. The van der Waals surface area contributed by atoms with E-state index in [1.165, 1.54) is 0 Å². The number of nitrogens with zero attached hydrogens (tertiary/aromatic N) is 2. The van der Waals surface area contributed by atoms with Crippen LogP contribution in [0.1, 0.15) is 6.42 Å². The van der Waals surface area contributed by atoms with Gasteiger partial charge < -0.3 is 19.5 Å². The van der Waals surface area contributed by atoms with Gasteiger partial charge in [0.05, 0.1) is 38.8 Å². The lowest BCUT2D eigenvalue weighted by molar-refractivity contribution is -0.139. The lowest BCUT2D eigenvalue weighted by Crippen LogP contribution is -2.47. The van der Waals surface area contributed by atoms with Crippen molar-refractivity contribution >= 4 is 11.9 Å². The number of hydrogen-bond donors (Lipinski definition) is 1. The molecule has 7 heteroatoms. The van der Waals surface area contributed by atoms with E-state index in [4.69, 9.17) is 14.6 Å². The number of carboxylic acid groups (broad SMARTS) is 1. The summed E-state index contributed by atoms with van der Waals surface area (Å²) in [5.74, 6) is 0.0987. The standard InChI is InChI=1S/C18H24N2O5/c21-17(6-7-25-16-4-2-1-3-5-16)20-9-14-8-19(11-18(22)23)15(10-20)13-24-12-14/h1-5,14-15H,6-13H2,(H,22,23)/t14-,15+/m1/s1. The first-order chi connectivity index (χ1) is 12.1. The Morgan fingerprint density at radius 1 is 1.16 bits per heavy atom. The average molecular weight is 348 g/mol. The van der Waals surface area contributed by atoms with Crippen LogP contribution in [0.5, 0.6) is 5.75 Å². The van der Waals surface area contributed by atoms with Crippen LogP contribution in [-0.4, -0.2) is 78.8 Å². The zero-order valence-electron chi connectivity index (χ0n) is 14.2. The third-order valence-corrected chi connectivity index (χ3v) is 4.60. The maximum atomic E-state index is 12.6. The van der Waals surface area contributed by atoms with Crippen LogP contribution in [0.15, 0.2) is 30.3 Å². The first kappa shape index (κ1) is 17.7. The first-order valence-electron chi connectivity index (χ1n) is 8.61. The summed E-state index contributed by atoms with van der Waals surface area (Å²) in [7, 11) is 0. The summed E-state index contributed by atoms with van der Waals surface area (Å²) in [5, 5.41) is 9.10. The second-order valence-electron chi connectivity index (χ2n) is 6.59. The van der Waals surface area contributed by atoms with Gasteiger partial charge in [0, 0.05) is 25.6 Å². The average Bonchev–Trinajstić information content (AvgIpc) is 2.85. The molecule has 0 radical (unpaired) electrons. The van der Waals surface area contributed by atoms with Crippen LogP contribution in [0, 0.1) is 5.92 Å². The fourth-order valence-corrected chi connectivity index (χ4v) is 3.43. The monoisotopic (exact) mass is 348 g/mol. The maximum Gasteiger partial charge on any atom is 0.317 e. The minimum atomic E-state index is -0.846. The van der Waals surface area contributed by atoms with Gasteiger partial charge in [0.25, 0.3) is 0 Å². The van der Waals surface area contributed by atoms with E-state index in [1.807, 2.05) is 40.1 Å². The van der Waals surface area contributed by atoms with Gasteiger partial charge in [-0.15, -0.1) is 0 Å². The maximum absolute atomic E-state index is 12.6. The highest BCUT2D eigenvalue weighted by molar-refractivity contribution is 5.76. The zero-order chi connectivity index (χ0) is 17.6. The Morgan fingerprint density at radius 2 is 1.96 bits per heavy atom. The number of aliphatic carboxylic acids is 1. The minimum Gasteiger partial charge on any atom is -0.493 e. The SMILES string of the molecule is O=C(O)CN1C[C@H]2COC[C@@H]1CN(C(=O)CCOc1ccccc1)C2. The van der Waals surface area contributed by atoms with Gasteiger partial charge in [-0.25, -0.2) is 0 Å². The van der Waals surface area contributed by atoms with Gasteiger partial charge >= 0.3 is 5.97 Å². The van der Waals surface area contributed by atoms with Crippen molar-refractivity contribution in [2.45, 2.75) is 12.5 Å². The summed E-state index contributed by atoms with van der Waals surface area (Å²) < 4.78 is 11.2. The van der Waals surface area contributed by atoms with E-state index in [0.717, 1.165) is 5.75 Å². The molecule has 0 saturated carbocycles. The van der Waals surface area contributed by atoms with E-state index in [1.54, 1.807) is 0 Å². The number of carbonyl (C=O) groups excluding carboxylic acids is 1. The minimum absolute atomic E-state index is 0.0102. The smallest absolute Gasteiger partial charge is 0.317 e. The van der Waals surface area contributed by atoms with Gasteiger partial charge in [-0.2, -0.15) is 0 Å². The van der Waals surface area contributed by atoms with Gasteiger partial charge in [-0.3, -0.25) is 14.5 Å². The van der Waals surface area contributed by atoms with Gasteiger partial charge in [-0.05, 0) is 12.1 Å². The van der Waals surface area contributed by atoms with Crippen molar-refractivity contribution in [2.75, 3.05) is 46.0 Å². The molecule has 7 nitrogen and oxygen atoms in total. The zero-order valence-corrected chi connectivity index (χ0v) is 14.2. The van der Waals surface area contributed by atoms with Gasteiger partial charge in [0.2, 0.25) is 5.91 Å². The molecule has 0 spiro atoms. The molecule has 2 heterocycles. The van der Waals surface area contributed by atoms with E-state index >= 15 is 0 Å². The topological polar surface area (TPSA) is 79.3 Å². The van der Waals surface area contributed by atoms with Gasteiger partial charge in [-0.1, -0.05) is 18.2 Å². The molecule has 2 bridgehead atoms. The van der Waals surface area contributed by atoms with Crippen molar-refractivity contribution in [3.63, 3.8) is 0 Å². The fourth-order valence-electron chi connectivity index (χ4n) is 3.43. The van der Waals surface area contributed by atoms with E-state index < -0.39 is 5.97 Å². The van der Waals surface area contributed by atoms with Crippen LogP contribution in [0.3, 0.4) is 0 Å². The van der Waals surface area contributed by atoms with Gasteiger partial charge in [0.1, 0.15) is 5.75 Å². The molecule has 2 aliphatic heterocycles. The molecule has 1 amide bonds. The molecular weight excluding hydrogens is 324 g/mol. The molecule has 136 valence electrons. The highest BCUT2D eigenvalue weighted by atomic mass is 16.5. The molecule has 1 N–H and O–H groups in total. The second-order valence-corrected chi connectivity index (χ2v) is 6.59. The molecule has 2 saturated heterocycles. The molecule has 2 atom stereocenters. The molecule has 0 aliphatic carbocycles. The predicted octanol–water partition coefficient (Wildman–Crippen LogP) is 0.699. The Hall–Kier alpha value is -2.12. The van der Waals surface area contributed by atoms with E-state index in [2.05, 4.69) is 0 Å². The summed E-state index contributed by atoms with van der Waals surface area (Å²) >= 11 is 0. The van der Waals surface area contributed by atoms with E-state index in [-0.39, 0.29) is 24.4 Å². The van der Waals surface area contributed by atoms with Crippen molar-refractivity contribution in [2.24, 2.45) is 5.92 Å². The molecule has 0 unspecified atom stereocenters. The lowest BCUT2D eigenvalue weighted by atomic mass is 10.1.